The molecule has 1 aromatic heterocycles. The van der Waals surface area contributed by atoms with Crippen LogP contribution in [0.25, 0.3) is 0 Å². The Labute approximate surface area is 71.2 Å². The molecule has 1 aromatic rings. The van der Waals surface area contributed by atoms with Crippen LogP contribution in [0.15, 0.2) is 0 Å². The summed E-state index contributed by atoms with van der Waals surface area (Å²) in [6.45, 7) is 4.76. The van der Waals surface area contributed by atoms with Crippen molar-refractivity contribution >= 4 is 0 Å². The highest BCUT2D eigenvalue weighted by atomic mass is 16.3. The molecule has 0 aromatic carbocycles. The molecular weight excluding hydrogens is 156 g/mol. The third kappa shape index (κ3) is 1.46. The van der Waals surface area contributed by atoms with Crippen molar-refractivity contribution in [3.05, 3.63) is 11.6 Å². The standard InChI is InChI=1S/C7H14N4O/c1-3-11-5(2)9-10-7(11)6(12)4-8/h6,12H,3-4,8H2,1-2H3. The summed E-state index contributed by atoms with van der Waals surface area (Å²) >= 11 is 0. The van der Waals surface area contributed by atoms with Crippen molar-refractivity contribution in [3.63, 3.8) is 0 Å². The predicted octanol–water partition coefficient (Wildman–Crippen LogP) is -0.401. The van der Waals surface area contributed by atoms with E-state index in [0.29, 0.717) is 5.82 Å². The highest BCUT2D eigenvalue weighted by Crippen LogP contribution is 2.09. The molecule has 68 valence electrons. The number of rotatable bonds is 3. The summed E-state index contributed by atoms with van der Waals surface area (Å²) in [5, 5.41) is 17.1. The van der Waals surface area contributed by atoms with E-state index in [9.17, 15) is 5.11 Å². The maximum absolute atomic E-state index is 9.41. The molecule has 0 saturated heterocycles. The van der Waals surface area contributed by atoms with Crippen LogP contribution in [-0.4, -0.2) is 26.4 Å². The van der Waals surface area contributed by atoms with E-state index in [1.807, 2.05) is 18.4 Å². The van der Waals surface area contributed by atoms with Crippen LogP contribution in [0.2, 0.25) is 0 Å². The molecule has 0 aliphatic rings. The predicted molar refractivity (Wildman–Crippen MR) is 44.4 cm³/mol. The largest absolute Gasteiger partial charge is 0.384 e. The fourth-order valence-corrected chi connectivity index (χ4v) is 1.14. The SMILES string of the molecule is CCn1c(C)nnc1C(O)CN. The van der Waals surface area contributed by atoms with Crippen LogP contribution in [-0.2, 0) is 6.54 Å². The van der Waals surface area contributed by atoms with Gasteiger partial charge >= 0.3 is 0 Å². The molecule has 0 bridgehead atoms. The van der Waals surface area contributed by atoms with Crippen molar-refractivity contribution in [3.8, 4) is 0 Å². The van der Waals surface area contributed by atoms with E-state index in [2.05, 4.69) is 10.2 Å². The third-order valence-electron chi connectivity index (χ3n) is 1.80. The van der Waals surface area contributed by atoms with E-state index in [0.717, 1.165) is 12.4 Å². The van der Waals surface area contributed by atoms with Gasteiger partial charge in [-0.3, -0.25) is 0 Å². The second-order valence-electron chi connectivity index (χ2n) is 2.60. The topological polar surface area (TPSA) is 77.0 Å². The lowest BCUT2D eigenvalue weighted by atomic mass is 10.3. The summed E-state index contributed by atoms with van der Waals surface area (Å²) < 4.78 is 1.84. The second-order valence-corrected chi connectivity index (χ2v) is 2.60. The highest BCUT2D eigenvalue weighted by Gasteiger charge is 2.14. The Kier molecular flexibility index (Phi) is 2.78. The van der Waals surface area contributed by atoms with Crippen molar-refractivity contribution in [1.29, 1.82) is 0 Å². The quantitative estimate of drug-likeness (QED) is 0.647. The van der Waals surface area contributed by atoms with Gasteiger partial charge in [-0.2, -0.15) is 0 Å². The number of aliphatic hydroxyl groups excluding tert-OH is 1. The van der Waals surface area contributed by atoms with Crippen LogP contribution in [0.1, 0.15) is 24.7 Å². The van der Waals surface area contributed by atoms with Gasteiger partial charge in [0.1, 0.15) is 11.9 Å². The fraction of sp³-hybridized carbons (Fsp3) is 0.714. The van der Waals surface area contributed by atoms with E-state index in [-0.39, 0.29) is 6.54 Å². The molecule has 1 unspecified atom stereocenters. The van der Waals surface area contributed by atoms with E-state index in [1.165, 1.54) is 0 Å². The Morgan fingerprint density at radius 1 is 1.58 bits per heavy atom. The van der Waals surface area contributed by atoms with Crippen LogP contribution >= 0.6 is 0 Å². The van der Waals surface area contributed by atoms with Gasteiger partial charge in [0, 0.05) is 13.1 Å². The van der Waals surface area contributed by atoms with Gasteiger partial charge in [0.05, 0.1) is 0 Å². The molecule has 0 amide bonds. The maximum Gasteiger partial charge on any atom is 0.163 e. The van der Waals surface area contributed by atoms with Crippen molar-refractivity contribution in [2.24, 2.45) is 5.73 Å². The zero-order chi connectivity index (χ0) is 9.14. The molecule has 0 fully saturated rings. The lowest BCUT2D eigenvalue weighted by molar-refractivity contribution is 0.171. The molecule has 5 heteroatoms. The first-order chi connectivity index (χ1) is 5.70. The summed E-state index contributed by atoms with van der Waals surface area (Å²) in [6.07, 6.45) is -0.703. The van der Waals surface area contributed by atoms with Crippen LogP contribution in [0.4, 0.5) is 0 Å². The average Bonchev–Trinajstić information content (AvgIpc) is 2.45. The zero-order valence-corrected chi connectivity index (χ0v) is 7.36. The van der Waals surface area contributed by atoms with E-state index in [4.69, 9.17) is 5.73 Å². The Balaban J connectivity index is 2.98. The Morgan fingerprint density at radius 2 is 2.25 bits per heavy atom. The Bertz CT molecular complexity index is 258. The van der Waals surface area contributed by atoms with Gasteiger partial charge < -0.3 is 15.4 Å². The molecular formula is C7H14N4O. The summed E-state index contributed by atoms with van der Waals surface area (Å²) in [5.41, 5.74) is 5.31. The number of hydrogen-bond acceptors (Lipinski definition) is 4. The smallest absolute Gasteiger partial charge is 0.163 e. The van der Waals surface area contributed by atoms with Gasteiger partial charge in [-0.05, 0) is 13.8 Å². The molecule has 12 heavy (non-hydrogen) atoms. The van der Waals surface area contributed by atoms with Gasteiger partial charge in [0.25, 0.3) is 0 Å². The number of nitrogens with two attached hydrogens (primary N) is 1. The molecule has 1 heterocycles. The molecule has 3 N–H and O–H groups in total. The van der Waals surface area contributed by atoms with Crippen LogP contribution < -0.4 is 5.73 Å². The summed E-state index contributed by atoms with van der Waals surface area (Å²) in [6, 6.07) is 0. The molecule has 0 saturated carbocycles. The lowest BCUT2D eigenvalue weighted by Gasteiger charge is -2.08. The molecule has 0 aliphatic heterocycles. The van der Waals surface area contributed by atoms with E-state index in [1.54, 1.807) is 0 Å². The first kappa shape index (κ1) is 9.15. The second kappa shape index (κ2) is 3.64. The van der Waals surface area contributed by atoms with E-state index >= 15 is 0 Å². The van der Waals surface area contributed by atoms with Gasteiger partial charge in [-0.1, -0.05) is 0 Å². The maximum atomic E-state index is 9.41. The van der Waals surface area contributed by atoms with Gasteiger partial charge in [0.2, 0.25) is 0 Å². The highest BCUT2D eigenvalue weighted by molar-refractivity contribution is 4.97. The first-order valence-corrected chi connectivity index (χ1v) is 3.98. The van der Waals surface area contributed by atoms with Gasteiger partial charge in [0.15, 0.2) is 5.82 Å². The van der Waals surface area contributed by atoms with Crippen molar-refractivity contribution in [1.82, 2.24) is 14.8 Å². The van der Waals surface area contributed by atoms with Crippen molar-refractivity contribution < 1.29 is 5.11 Å². The van der Waals surface area contributed by atoms with Crippen LogP contribution in [0, 0.1) is 6.92 Å². The molecule has 0 radical (unpaired) electrons. The average molecular weight is 170 g/mol. The normalized spacial score (nSPS) is 13.3. The molecule has 1 atom stereocenters. The zero-order valence-electron chi connectivity index (χ0n) is 7.36. The number of hydrogen-bond donors (Lipinski definition) is 2. The van der Waals surface area contributed by atoms with Crippen LogP contribution in [0.3, 0.4) is 0 Å². The summed E-state index contributed by atoms with van der Waals surface area (Å²) in [5.74, 6) is 1.36. The number of aliphatic hydroxyl groups is 1. The van der Waals surface area contributed by atoms with Gasteiger partial charge in [-0.15, -0.1) is 10.2 Å². The lowest BCUT2D eigenvalue weighted by Crippen LogP contribution is -2.17. The summed E-state index contributed by atoms with van der Waals surface area (Å²) in [7, 11) is 0. The van der Waals surface area contributed by atoms with Crippen LogP contribution in [0.5, 0.6) is 0 Å². The number of aryl methyl sites for hydroxylation is 1. The Hall–Kier alpha value is -0.940. The summed E-state index contributed by atoms with van der Waals surface area (Å²) in [4.78, 5) is 0. The van der Waals surface area contributed by atoms with Crippen molar-refractivity contribution in [2.45, 2.75) is 26.5 Å². The third-order valence-corrected chi connectivity index (χ3v) is 1.80. The monoisotopic (exact) mass is 170 g/mol. The van der Waals surface area contributed by atoms with Crippen molar-refractivity contribution in [2.75, 3.05) is 6.54 Å². The minimum atomic E-state index is -0.703. The minimum absolute atomic E-state index is 0.179. The Morgan fingerprint density at radius 3 is 2.75 bits per heavy atom. The molecule has 1 rings (SSSR count). The minimum Gasteiger partial charge on any atom is -0.384 e. The number of aromatic nitrogens is 3. The number of nitrogens with zero attached hydrogens (tertiary/aromatic N) is 3. The fourth-order valence-electron chi connectivity index (χ4n) is 1.14. The van der Waals surface area contributed by atoms with E-state index < -0.39 is 6.10 Å². The first-order valence-electron chi connectivity index (χ1n) is 3.98. The molecule has 0 spiro atoms. The molecule has 5 nitrogen and oxygen atoms in total. The van der Waals surface area contributed by atoms with Gasteiger partial charge in [-0.25, -0.2) is 0 Å². The molecule has 0 aliphatic carbocycles.